The van der Waals surface area contributed by atoms with Gasteiger partial charge in [0.2, 0.25) is 0 Å². The Morgan fingerprint density at radius 1 is 1.19 bits per heavy atom. The number of carbonyl (C=O) groups excluding carboxylic acids is 1. The topological polar surface area (TPSA) is 90.3 Å². The van der Waals surface area contributed by atoms with Gasteiger partial charge in [-0.1, -0.05) is 0 Å². The number of nitriles is 1. The number of fused-ring (bicyclic) bond motifs is 1. The van der Waals surface area contributed by atoms with Crippen LogP contribution in [0, 0.1) is 20.8 Å². The molecular formula is C30H26F4I2N5O2-. The monoisotopic (exact) mass is 818 g/mol. The Morgan fingerprint density at radius 3 is 2.65 bits per heavy atom. The number of ether oxygens (including phenoxy) is 1. The number of benzene rings is 2. The summed E-state index contributed by atoms with van der Waals surface area (Å²) in [7, 11) is 0. The fraction of sp³-hybridized carbons (Fsp3) is 0.300. The molecule has 5 rings (SSSR count). The van der Waals surface area contributed by atoms with Crippen LogP contribution in [0.25, 0.3) is 22.3 Å². The molecule has 226 valence electrons. The van der Waals surface area contributed by atoms with E-state index in [2.05, 4.69) is 49.1 Å². The molecule has 0 saturated carbocycles. The Labute approximate surface area is 270 Å². The van der Waals surface area contributed by atoms with Gasteiger partial charge in [-0.3, -0.25) is 4.90 Å². The van der Waals surface area contributed by atoms with Crippen molar-refractivity contribution in [2.45, 2.75) is 31.5 Å². The summed E-state index contributed by atoms with van der Waals surface area (Å²) in [5.41, 5.74) is 3.76. The Bertz CT molecular complexity index is 1600. The summed E-state index contributed by atoms with van der Waals surface area (Å²) < 4.78 is 65.5. The fourth-order valence-electron chi connectivity index (χ4n) is 5.22. The summed E-state index contributed by atoms with van der Waals surface area (Å²) >= 11 is 1.46. The third-order valence-electron chi connectivity index (χ3n) is 7.25. The maximum absolute atomic E-state index is 15.5. The summed E-state index contributed by atoms with van der Waals surface area (Å²) in [5, 5.41) is 12.7. The van der Waals surface area contributed by atoms with Crippen molar-refractivity contribution in [3.8, 4) is 34.1 Å². The molecule has 2 aromatic carbocycles. The standard InChI is InChI=1S/C30H26F4I2N5O2/c1-2-36-40-28-24(23-12-18-5-8-38-29(42)22(18)14-25(23)35)13-21(27(31)39-28)17-3-4-26(19(11-17)15-37)43-20-6-9-41(10-7-20)16-30(32,33)34/h2-4,11-14,20H,1,5-10,16H2,(H,38,42)(H,39,40)/q-1. The molecule has 0 bridgehead atoms. The molecule has 0 spiro atoms. The zero-order valence-electron chi connectivity index (χ0n) is 22.7. The molecule has 1 fully saturated rings. The molecular weight excluding hydrogens is 792 g/mol. The van der Waals surface area contributed by atoms with Gasteiger partial charge in [0, 0.05) is 13.1 Å². The van der Waals surface area contributed by atoms with Crippen molar-refractivity contribution in [2.75, 3.05) is 29.7 Å². The van der Waals surface area contributed by atoms with E-state index in [0.29, 0.717) is 54.1 Å². The van der Waals surface area contributed by atoms with Crippen molar-refractivity contribution in [2.24, 2.45) is 0 Å². The second-order valence-electron chi connectivity index (χ2n) is 10.1. The van der Waals surface area contributed by atoms with E-state index in [4.69, 9.17) is 4.74 Å². The van der Waals surface area contributed by atoms with Gasteiger partial charge < -0.3 is 0 Å². The van der Waals surface area contributed by atoms with E-state index in [-0.39, 0.29) is 36.2 Å². The van der Waals surface area contributed by atoms with E-state index in [0.717, 1.165) is 14.7 Å². The number of alkyl halides is 3. The van der Waals surface area contributed by atoms with Crippen LogP contribution in [0.15, 0.2) is 47.1 Å². The van der Waals surface area contributed by atoms with E-state index in [9.17, 15) is 23.2 Å². The molecule has 13 heteroatoms. The van der Waals surface area contributed by atoms with Crippen LogP contribution in [-0.4, -0.2) is 54.3 Å². The van der Waals surface area contributed by atoms with Gasteiger partial charge in [-0.15, -0.1) is 0 Å². The van der Waals surface area contributed by atoms with Gasteiger partial charge >= 0.3 is 234 Å². The number of piperidine rings is 1. The average molecular weight is 818 g/mol. The average Bonchev–Trinajstić information content (AvgIpc) is 2.97. The number of nitrogens with zero attached hydrogens (tertiary/aromatic N) is 3. The van der Waals surface area contributed by atoms with E-state index >= 15 is 4.39 Å². The predicted octanol–water partition coefficient (Wildman–Crippen LogP) is 3.28. The molecule has 0 atom stereocenters. The van der Waals surface area contributed by atoms with Gasteiger partial charge in [0.25, 0.3) is 0 Å². The van der Waals surface area contributed by atoms with Crippen LogP contribution < -0.4 is 35.1 Å². The zero-order valence-corrected chi connectivity index (χ0v) is 27.0. The van der Waals surface area contributed by atoms with Crippen molar-refractivity contribution in [3.05, 3.63) is 73.3 Å². The molecule has 2 N–H and O–H groups in total. The summed E-state index contributed by atoms with van der Waals surface area (Å²) in [6.45, 7) is 3.82. The molecule has 1 amide bonds. The summed E-state index contributed by atoms with van der Waals surface area (Å²) in [6.07, 6.45) is -3.12. The second-order valence-corrected chi connectivity index (χ2v) is 13.3. The molecule has 3 aromatic rings. The second kappa shape index (κ2) is 13.3. The third kappa shape index (κ3) is 7.40. The van der Waals surface area contributed by atoms with Gasteiger partial charge in [-0.25, -0.2) is 0 Å². The predicted molar refractivity (Wildman–Crippen MR) is 159 cm³/mol. The minimum atomic E-state index is -4.25. The third-order valence-corrected chi connectivity index (χ3v) is 9.40. The van der Waals surface area contributed by atoms with E-state index in [1.165, 1.54) is 11.0 Å². The first-order chi connectivity index (χ1) is 20.6. The van der Waals surface area contributed by atoms with E-state index in [1.54, 1.807) is 22.3 Å². The number of carbonyl (C=O) groups is 1. The van der Waals surface area contributed by atoms with E-state index < -0.39 is 40.1 Å². The number of nitrogens with one attached hydrogen (secondary N) is 2. The number of amides is 1. The number of pyridine rings is 1. The van der Waals surface area contributed by atoms with Crippen LogP contribution in [-0.2, 0) is 6.42 Å². The molecule has 0 aliphatic carbocycles. The van der Waals surface area contributed by atoms with Gasteiger partial charge in [-0.2, -0.15) is 13.2 Å². The molecule has 0 radical (unpaired) electrons. The van der Waals surface area contributed by atoms with Crippen LogP contribution in [0.1, 0.15) is 34.3 Å². The number of hydrogen-bond donors (Lipinski definition) is 2. The molecule has 7 nitrogen and oxygen atoms in total. The summed E-state index contributed by atoms with van der Waals surface area (Å²) in [5.74, 6) is -0.186. The molecule has 3 heterocycles. The van der Waals surface area contributed by atoms with Gasteiger partial charge in [0.05, 0.1) is 6.54 Å². The van der Waals surface area contributed by atoms with Gasteiger partial charge in [0.1, 0.15) is 0 Å². The number of rotatable bonds is 8. The van der Waals surface area contributed by atoms with Crippen molar-refractivity contribution < 1.29 is 48.6 Å². The molecule has 2 aliphatic rings. The normalized spacial score (nSPS) is 15.9. The Balaban J connectivity index is 1.46. The summed E-state index contributed by atoms with van der Waals surface area (Å²) in [4.78, 5) is 18.0. The first-order valence-electron chi connectivity index (χ1n) is 13.4. The molecule has 2 aliphatic heterocycles. The van der Waals surface area contributed by atoms with Gasteiger partial charge in [0.15, 0.2) is 0 Å². The first kappa shape index (κ1) is 31.5. The Kier molecular flexibility index (Phi) is 9.76. The number of aromatic nitrogens is 1. The van der Waals surface area contributed by atoms with Crippen molar-refractivity contribution in [1.82, 2.24) is 15.2 Å². The molecule has 43 heavy (non-hydrogen) atoms. The Hall–Kier alpha value is -2.97. The van der Waals surface area contributed by atoms with Crippen molar-refractivity contribution in [3.63, 3.8) is 0 Å². The van der Waals surface area contributed by atoms with Crippen LogP contribution in [0.5, 0.6) is 5.75 Å². The summed E-state index contributed by atoms with van der Waals surface area (Å²) in [6, 6.07) is 12.3. The molecule has 1 saturated heterocycles. The van der Waals surface area contributed by atoms with Crippen LogP contribution in [0.3, 0.4) is 0 Å². The zero-order chi connectivity index (χ0) is 30.7. The van der Waals surface area contributed by atoms with E-state index in [1.807, 2.05) is 12.1 Å². The van der Waals surface area contributed by atoms with Crippen LogP contribution >= 0.6 is 22.6 Å². The Morgan fingerprint density at radius 2 is 1.95 bits per heavy atom. The SMILES string of the molecule is C=C[I-]Nc1nc(F)c(-c2ccc(OC3CCN(CC(F)(F)F)CC3)c(C#N)c2)cc1-c1cc2c(cc1I)C(=O)NCC2. The van der Waals surface area contributed by atoms with Gasteiger partial charge in [-0.05, 0) is 0 Å². The van der Waals surface area contributed by atoms with Crippen LogP contribution in [0.4, 0.5) is 23.4 Å². The minimum absolute atomic E-state index is 0.127. The molecule has 1 aromatic heterocycles. The number of halogens is 6. The maximum atomic E-state index is 15.5. The molecule has 0 unspecified atom stereocenters. The first-order valence-corrected chi connectivity index (χ1v) is 16.8. The van der Waals surface area contributed by atoms with Crippen molar-refractivity contribution >= 4 is 34.3 Å². The van der Waals surface area contributed by atoms with Crippen molar-refractivity contribution in [1.29, 1.82) is 5.26 Å². The van der Waals surface area contributed by atoms with Crippen LogP contribution in [0.2, 0.25) is 0 Å². The number of hydrogen-bond acceptors (Lipinski definition) is 6. The number of likely N-dealkylation sites (tertiary alicyclic amines) is 1. The number of anilines is 1. The quantitative estimate of drug-likeness (QED) is 0.157. The fourth-order valence-corrected chi connectivity index (χ4v) is 6.90.